The van der Waals surface area contributed by atoms with Crippen LogP contribution in [0.2, 0.25) is 0 Å². The number of aliphatic hydroxyl groups excluding tert-OH is 2. The molecular weight excluding hydrogens is 156 g/mol. The third-order valence-electron chi connectivity index (χ3n) is 1.65. The Bertz CT molecular complexity index is 247. The van der Waals surface area contributed by atoms with E-state index in [0.29, 0.717) is 11.3 Å². The standard InChI is InChI=1S/C9H12O3/c1-12-8-4-2-3-7(5-8)9(11)6-10/h2-5,9-11H,6H2,1H3/t9-/m1/s1. The van der Waals surface area contributed by atoms with Crippen molar-refractivity contribution in [2.75, 3.05) is 13.7 Å². The van der Waals surface area contributed by atoms with Gasteiger partial charge in [0.05, 0.1) is 13.7 Å². The topological polar surface area (TPSA) is 49.7 Å². The molecule has 1 atom stereocenters. The molecule has 1 rings (SSSR count). The lowest BCUT2D eigenvalue weighted by Crippen LogP contribution is -2.02. The van der Waals surface area contributed by atoms with Gasteiger partial charge in [0.2, 0.25) is 0 Å². The molecule has 2 N–H and O–H groups in total. The predicted octanol–water partition coefficient (Wildman–Crippen LogP) is 0.721. The maximum Gasteiger partial charge on any atom is 0.119 e. The molecule has 1 aromatic carbocycles. The van der Waals surface area contributed by atoms with Crippen molar-refractivity contribution in [1.29, 1.82) is 0 Å². The van der Waals surface area contributed by atoms with Crippen molar-refractivity contribution in [3.8, 4) is 5.75 Å². The van der Waals surface area contributed by atoms with E-state index in [4.69, 9.17) is 9.84 Å². The van der Waals surface area contributed by atoms with Crippen LogP contribution >= 0.6 is 0 Å². The molecule has 0 unspecified atom stereocenters. The van der Waals surface area contributed by atoms with E-state index in [1.807, 2.05) is 0 Å². The van der Waals surface area contributed by atoms with Crippen LogP contribution in [0.1, 0.15) is 11.7 Å². The molecular formula is C9H12O3. The SMILES string of the molecule is COc1cccc([C@H](O)CO)c1. The van der Waals surface area contributed by atoms with Crippen LogP contribution in [0.3, 0.4) is 0 Å². The second-order valence-corrected chi connectivity index (χ2v) is 2.47. The Morgan fingerprint density at radius 1 is 1.50 bits per heavy atom. The van der Waals surface area contributed by atoms with Crippen LogP contribution < -0.4 is 4.74 Å². The Morgan fingerprint density at radius 3 is 2.83 bits per heavy atom. The van der Waals surface area contributed by atoms with Gasteiger partial charge in [0.1, 0.15) is 11.9 Å². The minimum atomic E-state index is -0.819. The average molecular weight is 168 g/mol. The quantitative estimate of drug-likeness (QED) is 0.699. The van der Waals surface area contributed by atoms with Gasteiger partial charge in [0.25, 0.3) is 0 Å². The lowest BCUT2D eigenvalue weighted by atomic mass is 10.1. The summed E-state index contributed by atoms with van der Waals surface area (Å²) in [6.07, 6.45) is -0.819. The predicted molar refractivity (Wildman–Crippen MR) is 45.0 cm³/mol. The first-order valence-electron chi connectivity index (χ1n) is 3.71. The van der Waals surface area contributed by atoms with E-state index < -0.39 is 6.10 Å². The fourth-order valence-corrected chi connectivity index (χ4v) is 0.954. The van der Waals surface area contributed by atoms with Crippen molar-refractivity contribution in [3.63, 3.8) is 0 Å². The highest BCUT2D eigenvalue weighted by Crippen LogP contribution is 2.18. The Kier molecular flexibility index (Phi) is 3.08. The summed E-state index contributed by atoms with van der Waals surface area (Å²) in [6, 6.07) is 6.99. The molecule has 0 aliphatic carbocycles. The second kappa shape index (κ2) is 4.09. The fourth-order valence-electron chi connectivity index (χ4n) is 0.954. The third-order valence-corrected chi connectivity index (χ3v) is 1.65. The van der Waals surface area contributed by atoms with Crippen LogP contribution in [-0.2, 0) is 0 Å². The molecule has 0 aliphatic rings. The molecule has 0 bridgehead atoms. The highest BCUT2D eigenvalue weighted by molar-refractivity contribution is 5.29. The first-order chi connectivity index (χ1) is 5.77. The summed E-state index contributed by atoms with van der Waals surface area (Å²) in [5, 5.41) is 17.9. The maximum atomic E-state index is 9.24. The van der Waals surface area contributed by atoms with Gasteiger partial charge in [0, 0.05) is 0 Å². The summed E-state index contributed by atoms with van der Waals surface area (Å²) in [7, 11) is 1.56. The molecule has 1 aromatic rings. The molecule has 0 amide bonds. The van der Waals surface area contributed by atoms with E-state index in [-0.39, 0.29) is 6.61 Å². The van der Waals surface area contributed by atoms with E-state index in [1.165, 1.54) is 0 Å². The van der Waals surface area contributed by atoms with Gasteiger partial charge in [-0.1, -0.05) is 12.1 Å². The van der Waals surface area contributed by atoms with Gasteiger partial charge in [-0.2, -0.15) is 0 Å². The monoisotopic (exact) mass is 168 g/mol. The minimum Gasteiger partial charge on any atom is -0.497 e. The van der Waals surface area contributed by atoms with Crippen molar-refractivity contribution in [1.82, 2.24) is 0 Å². The van der Waals surface area contributed by atoms with Gasteiger partial charge >= 0.3 is 0 Å². The third kappa shape index (κ3) is 1.96. The van der Waals surface area contributed by atoms with Crippen LogP contribution in [0.15, 0.2) is 24.3 Å². The molecule has 0 aliphatic heterocycles. The van der Waals surface area contributed by atoms with E-state index in [0.717, 1.165) is 0 Å². The first kappa shape index (κ1) is 9.03. The van der Waals surface area contributed by atoms with Crippen LogP contribution in [0.5, 0.6) is 5.75 Å². The highest BCUT2D eigenvalue weighted by Gasteiger charge is 2.05. The molecule has 0 aromatic heterocycles. The lowest BCUT2D eigenvalue weighted by Gasteiger charge is -2.08. The minimum absolute atomic E-state index is 0.271. The number of methoxy groups -OCH3 is 1. The summed E-state index contributed by atoms with van der Waals surface area (Å²) in [5.41, 5.74) is 0.664. The van der Waals surface area contributed by atoms with Crippen LogP contribution in [0.25, 0.3) is 0 Å². The number of hydrogen-bond acceptors (Lipinski definition) is 3. The number of ether oxygens (including phenoxy) is 1. The van der Waals surface area contributed by atoms with E-state index >= 15 is 0 Å². The van der Waals surface area contributed by atoms with Crippen LogP contribution in [0, 0.1) is 0 Å². The molecule has 66 valence electrons. The molecule has 0 spiro atoms. The van der Waals surface area contributed by atoms with Gasteiger partial charge in [-0.05, 0) is 17.7 Å². The normalized spacial score (nSPS) is 12.6. The van der Waals surface area contributed by atoms with Crippen molar-refractivity contribution < 1.29 is 14.9 Å². The Morgan fingerprint density at radius 2 is 2.25 bits per heavy atom. The molecule has 0 fully saturated rings. The van der Waals surface area contributed by atoms with Crippen LogP contribution in [-0.4, -0.2) is 23.9 Å². The number of hydrogen-bond donors (Lipinski definition) is 2. The molecule has 0 heterocycles. The fraction of sp³-hybridized carbons (Fsp3) is 0.333. The molecule has 3 nitrogen and oxygen atoms in total. The lowest BCUT2D eigenvalue weighted by molar-refractivity contribution is 0.0954. The highest BCUT2D eigenvalue weighted by atomic mass is 16.5. The van der Waals surface area contributed by atoms with Crippen molar-refractivity contribution in [2.45, 2.75) is 6.10 Å². The van der Waals surface area contributed by atoms with Crippen molar-refractivity contribution >= 4 is 0 Å². The first-order valence-corrected chi connectivity index (χ1v) is 3.71. The Balaban J connectivity index is 2.86. The smallest absolute Gasteiger partial charge is 0.119 e. The van der Waals surface area contributed by atoms with Gasteiger partial charge in [-0.3, -0.25) is 0 Å². The van der Waals surface area contributed by atoms with Gasteiger partial charge in [-0.25, -0.2) is 0 Å². The van der Waals surface area contributed by atoms with Crippen molar-refractivity contribution in [2.24, 2.45) is 0 Å². The van der Waals surface area contributed by atoms with Gasteiger partial charge in [0.15, 0.2) is 0 Å². The molecule has 12 heavy (non-hydrogen) atoms. The van der Waals surface area contributed by atoms with E-state index in [2.05, 4.69) is 0 Å². The second-order valence-electron chi connectivity index (χ2n) is 2.47. The van der Waals surface area contributed by atoms with Crippen molar-refractivity contribution in [3.05, 3.63) is 29.8 Å². The molecule has 0 radical (unpaired) electrons. The number of rotatable bonds is 3. The zero-order valence-corrected chi connectivity index (χ0v) is 6.90. The summed E-state index contributed by atoms with van der Waals surface area (Å²) in [4.78, 5) is 0. The Hall–Kier alpha value is -1.06. The maximum absolute atomic E-state index is 9.24. The van der Waals surface area contributed by atoms with Gasteiger partial charge in [-0.15, -0.1) is 0 Å². The zero-order chi connectivity index (χ0) is 8.97. The van der Waals surface area contributed by atoms with E-state index in [9.17, 15) is 5.11 Å². The molecule has 0 saturated heterocycles. The largest absolute Gasteiger partial charge is 0.497 e. The van der Waals surface area contributed by atoms with Crippen LogP contribution in [0.4, 0.5) is 0 Å². The van der Waals surface area contributed by atoms with Gasteiger partial charge < -0.3 is 14.9 Å². The summed E-state index contributed by atoms with van der Waals surface area (Å²) in [6.45, 7) is -0.271. The summed E-state index contributed by atoms with van der Waals surface area (Å²) >= 11 is 0. The molecule has 3 heteroatoms. The number of aliphatic hydroxyl groups is 2. The zero-order valence-electron chi connectivity index (χ0n) is 6.90. The number of benzene rings is 1. The Labute approximate surface area is 71.2 Å². The molecule has 0 saturated carbocycles. The average Bonchev–Trinajstić information content (AvgIpc) is 2.17. The van der Waals surface area contributed by atoms with E-state index in [1.54, 1.807) is 31.4 Å². The summed E-state index contributed by atoms with van der Waals surface area (Å²) < 4.78 is 4.96. The summed E-state index contributed by atoms with van der Waals surface area (Å²) in [5.74, 6) is 0.681.